The SMILES string of the molecule is Fc1ccc(C2OCc3c[c-]ccc32)cc1.[Y]. The second kappa shape index (κ2) is 5.39. The van der Waals surface area contributed by atoms with E-state index in [1.807, 2.05) is 18.2 Å². The van der Waals surface area contributed by atoms with Gasteiger partial charge in [0.15, 0.2) is 0 Å². The van der Waals surface area contributed by atoms with E-state index in [0.29, 0.717) is 6.61 Å². The molecule has 0 fully saturated rings. The van der Waals surface area contributed by atoms with E-state index in [4.69, 9.17) is 4.74 Å². The first-order chi connectivity index (χ1) is 7.84. The largest absolute Gasteiger partial charge is 0.379 e. The third-order valence-electron chi connectivity index (χ3n) is 2.85. The summed E-state index contributed by atoms with van der Waals surface area (Å²) in [6, 6.07) is 15.3. The van der Waals surface area contributed by atoms with Gasteiger partial charge in [-0.15, -0.1) is 11.1 Å². The van der Waals surface area contributed by atoms with Gasteiger partial charge >= 0.3 is 0 Å². The van der Waals surface area contributed by atoms with Crippen molar-refractivity contribution in [1.82, 2.24) is 0 Å². The van der Waals surface area contributed by atoms with Crippen molar-refractivity contribution < 1.29 is 41.8 Å². The topological polar surface area (TPSA) is 9.23 Å². The predicted octanol–water partition coefficient (Wildman–Crippen LogP) is 3.24. The number of benzene rings is 2. The van der Waals surface area contributed by atoms with Crippen LogP contribution in [0.2, 0.25) is 0 Å². The summed E-state index contributed by atoms with van der Waals surface area (Å²) in [6.45, 7) is 0.606. The molecular formula is C14H10FOY-. The van der Waals surface area contributed by atoms with E-state index in [2.05, 4.69) is 6.07 Å². The number of fused-ring (bicyclic) bond motifs is 1. The maximum atomic E-state index is 12.8. The monoisotopic (exact) mass is 302 g/mol. The van der Waals surface area contributed by atoms with Crippen molar-refractivity contribution in [3.05, 3.63) is 71.0 Å². The fourth-order valence-electron chi connectivity index (χ4n) is 2.03. The van der Waals surface area contributed by atoms with Gasteiger partial charge in [0.1, 0.15) is 5.82 Å². The average molecular weight is 302 g/mol. The normalized spacial score (nSPS) is 17.4. The second-order valence-corrected chi connectivity index (χ2v) is 3.87. The molecule has 1 unspecified atom stereocenters. The Balaban J connectivity index is 0.00000108. The zero-order valence-electron chi connectivity index (χ0n) is 9.19. The molecule has 1 heterocycles. The summed E-state index contributed by atoms with van der Waals surface area (Å²) in [7, 11) is 0. The zero-order valence-corrected chi connectivity index (χ0v) is 12.0. The minimum absolute atomic E-state index is 0. The van der Waals surface area contributed by atoms with Gasteiger partial charge in [0.2, 0.25) is 0 Å². The van der Waals surface area contributed by atoms with Crippen LogP contribution in [-0.2, 0) is 44.1 Å². The second-order valence-electron chi connectivity index (χ2n) is 3.87. The van der Waals surface area contributed by atoms with E-state index < -0.39 is 0 Å². The van der Waals surface area contributed by atoms with Crippen molar-refractivity contribution in [2.75, 3.05) is 0 Å². The van der Waals surface area contributed by atoms with Gasteiger partial charge in [0.25, 0.3) is 0 Å². The van der Waals surface area contributed by atoms with Gasteiger partial charge in [-0.1, -0.05) is 12.1 Å². The number of rotatable bonds is 1. The van der Waals surface area contributed by atoms with Crippen LogP contribution < -0.4 is 0 Å². The van der Waals surface area contributed by atoms with Crippen LogP contribution in [0.3, 0.4) is 0 Å². The van der Waals surface area contributed by atoms with Crippen molar-refractivity contribution in [3.8, 4) is 0 Å². The summed E-state index contributed by atoms with van der Waals surface area (Å²) in [4.78, 5) is 0. The van der Waals surface area contributed by atoms with Gasteiger partial charge in [-0.3, -0.25) is 0 Å². The maximum Gasteiger partial charge on any atom is 0.123 e. The number of hydrogen-bond acceptors (Lipinski definition) is 1. The molecule has 1 radical (unpaired) electrons. The zero-order chi connectivity index (χ0) is 11.0. The molecule has 17 heavy (non-hydrogen) atoms. The molecule has 83 valence electrons. The number of hydrogen-bond donors (Lipinski definition) is 0. The molecule has 3 heteroatoms. The third kappa shape index (κ3) is 2.49. The quantitative estimate of drug-likeness (QED) is 0.735. The Morgan fingerprint density at radius 2 is 1.94 bits per heavy atom. The maximum absolute atomic E-state index is 12.8. The summed E-state index contributed by atoms with van der Waals surface area (Å²) in [5, 5.41) is 0. The van der Waals surface area contributed by atoms with E-state index in [0.717, 1.165) is 16.7 Å². The van der Waals surface area contributed by atoms with Crippen LogP contribution in [0, 0.1) is 11.9 Å². The Hall–Kier alpha value is -0.566. The molecule has 0 aliphatic carbocycles. The molecule has 1 nitrogen and oxygen atoms in total. The molecule has 1 aliphatic heterocycles. The molecule has 0 saturated carbocycles. The molecule has 0 amide bonds. The first-order valence-corrected chi connectivity index (χ1v) is 5.20. The molecule has 0 aromatic heterocycles. The molecule has 0 spiro atoms. The first-order valence-electron chi connectivity index (χ1n) is 5.20. The fourth-order valence-corrected chi connectivity index (χ4v) is 2.03. The summed E-state index contributed by atoms with van der Waals surface area (Å²) in [5.74, 6) is -0.219. The van der Waals surface area contributed by atoms with E-state index >= 15 is 0 Å². The Bertz CT molecular complexity index is 510. The molecule has 3 rings (SSSR count). The van der Waals surface area contributed by atoms with Crippen molar-refractivity contribution >= 4 is 0 Å². The summed E-state index contributed by atoms with van der Waals surface area (Å²) < 4.78 is 18.5. The van der Waals surface area contributed by atoms with Gasteiger partial charge < -0.3 is 4.74 Å². The predicted molar refractivity (Wildman–Crippen MR) is 58.3 cm³/mol. The van der Waals surface area contributed by atoms with Crippen LogP contribution in [0.5, 0.6) is 0 Å². The van der Waals surface area contributed by atoms with Crippen LogP contribution in [0.4, 0.5) is 4.39 Å². The molecule has 0 N–H and O–H groups in total. The molecule has 0 saturated heterocycles. The average Bonchev–Trinajstić information content (AvgIpc) is 2.74. The molecule has 2 aromatic rings. The molecular weight excluding hydrogens is 292 g/mol. The molecule has 1 aliphatic rings. The van der Waals surface area contributed by atoms with Gasteiger partial charge in [-0.2, -0.15) is 24.3 Å². The smallest absolute Gasteiger partial charge is 0.123 e. The van der Waals surface area contributed by atoms with Crippen LogP contribution in [0.15, 0.2) is 42.5 Å². The Kier molecular flexibility index (Phi) is 4.08. The minimum Gasteiger partial charge on any atom is -0.379 e. The first kappa shape index (κ1) is 12.9. The Morgan fingerprint density at radius 3 is 2.71 bits per heavy atom. The van der Waals surface area contributed by atoms with Crippen molar-refractivity contribution in [2.24, 2.45) is 0 Å². The number of halogens is 1. The summed E-state index contributed by atoms with van der Waals surface area (Å²) >= 11 is 0. The molecule has 0 bridgehead atoms. The van der Waals surface area contributed by atoms with Gasteiger partial charge in [0.05, 0.1) is 6.10 Å². The van der Waals surface area contributed by atoms with Crippen LogP contribution >= 0.6 is 0 Å². The van der Waals surface area contributed by atoms with Gasteiger partial charge in [0, 0.05) is 39.3 Å². The standard InChI is InChI=1S/C14H10FO.Y/c15-12-7-5-10(6-8-12)14-13-4-2-1-3-11(13)9-16-14;/h2-8,14H,9H2;/q-1;. The van der Waals surface area contributed by atoms with Crippen LogP contribution in [0.25, 0.3) is 0 Å². The van der Waals surface area contributed by atoms with Gasteiger partial charge in [-0.25, -0.2) is 4.39 Å². The Labute approximate surface area is 125 Å². The van der Waals surface area contributed by atoms with Crippen molar-refractivity contribution in [2.45, 2.75) is 12.7 Å². The van der Waals surface area contributed by atoms with E-state index in [-0.39, 0.29) is 44.6 Å². The summed E-state index contributed by atoms with van der Waals surface area (Å²) in [6.07, 6.45) is -0.0646. The van der Waals surface area contributed by atoms with Crippen LogP contribution in [-0.4, -0.2) is 0 Å². The van der Waals surface area contributed by atoms with Crippen LogP contribution in [0.1, 0.15) is 22.8 Å². The fraction of sp³-hybridized carbons (Fsp3) is 0.143. The Morgan fingerprint density at radius 1 is 1.18 bits per heavy atom. The van der Waals surface area contributed by atoms with Crippen molar-refractivity contribution in [3.63, 3.8) is 0 Å². The van der Waals surface area contributed by atoms with E-state index in [9.17, 15) is 4.39 Å². The third-order valence-corrected chi connectivity index (χ3v) is 2.85. The number of ether oxygens (including phenoxy) is 1. The minimum atomic E-state index is -0.219. The van der Waals surface area contributed by atoms with E-state index in [1.165, 1.54) is 12.1 Å². The molecule has 2 aromatic carbocycles. The van der Waals surface area contributed by atoms with Gasteiger partial charge in [-0.05, 0) is 17.7 Å². The molecule has 1 atom stereocenters. The van der Waals surface area contributed by atoms with Crippen molar-refractivity contribution in [1.29, 1.82) is 0 Å². The summed E-state index contributed by atoms with van der Waals surface area (Å²) in [5.41, 5.74) is 3.31. The van der Waals surface area contributed by atoms with E-state index in [1.54, 1.807) is 12.1 Å².